The first-order valence-corrected chi connectivity index (χ1v) is 8.18. The first kappa shape index (κ1) is 14.3. The lowest BCUT2D eigenvalue weighted by atomic mass is 10.3. The quantitative estimate of drug-likeness (QED) is 0.891. The average molecular weight is 318 g/mol. The predicted octanol–water partition coefficient (Wildman–Crippen LogP) is 2.63. The van der Waals surface area contributed by atoms with E-state index in [9.17, 15) is 8.42 Å². The summed E-state index contributed by atoms with van der Waals surface area (Å²) in [4.78, 5) is 1.16. The Labute approximate surface area is 120 Å². The van der Waals surface area contributed by atoms with E-state index in [4.69, 9.17) is 16.7 Å². The molecular formula is C12H12ClNO3S2. The molecule has 0 bridgehead atoms. The summed E-state index contributed by atoms with van der Waals surface area (Å²) in [7, 11) is -3.53. The zero-order valence-electron chi connectivity index (χ0n) is 9.84. The van der Waals surface area contributed by atoms with Gasteiger partial charge in [0.1, 0.15) is 5.75 Å². The summed E-state index contributed by atoms with van der Waals surface area (Å²) in [5.74, 6) is 0.0344. The molecule has 4 nitrogen and oxygen atoms in total. The molecule has 102 valence electrons. The van der Waals surface area contributed by atoms with Crippen LogP contribution >= 0.6 is 22.9 Å². The number of nitrogens with one attached hydrogen (secondary N) is 1. The van der Waals surface area contributed by atoms with Gasteiger partial charge in [0.25, 0.3) is 0 Å². The van der Waals surface area contributed by atoms with Crippen molar-refractivity contribution >= 4 is 33.0 Å². The Morgan fingerprint density at radius 1 is 1.16 bits per heavy atom. The molecule has 0 saturated heterocycles. The highest BCUT2D eigenvalue weighted by molar-refractivity contribution is 7.89. The molecule has 0 spiro atoms. The molecule has 0 aliphatic rings. The van der Waals surface area contributed by atoms with E-state index < -0.39 is 10.0 Å². The summed E-state index contributed by atoms with van der Waals surface area (Å²) >= 11 is 7.23. The highest BCUT2D eigenvalue weighted by Gasteiger charge is 2.13. The van der Waals surface area contributed by atoms with E-state index >= 15 is 0 Å². The number of rotatable bonds is 5. The van der Waals surface area contributed by atoms with Gasteiger partial charge < -0.3 is 5.11 Å². The Kier molecular flexibility index (Phi) is 4.46. The minimum atomic E-state index is -3.53. The van der Waals surface area contributed by atoms with Gasteiger partial charge in [0.2, 0.25) is 10.0 Å². The number of halogens is 1. The monoisotopic (exact) mass is 317 g/mol. The Morgan fingerprint density at radius 2 is 1.84 bits per heavy atom. The molecule has 0 amide bonds. The number of phenolic OH excluding ortho intramolecular Hbond substituents is 1. The van der Waals surface area contributed by atoms with E-state index in [1.54, 1.807) is 6.07 Å². The summed E-state index contributed by atoms with van der Waals surface area (Å²) in [6.45, 7) is 0.306. The van der Waals surface area contributed by atoms with Gasteiger partial charge in [-0.1, -0.05) is 11.6 Å². The van der Waals surface area contributed by atoms with Crippen molar-refractivity contribution in [2.24, 2.45) is 0 Å². The predicted molar refractivity (Wildman–Crippen MR) is 76.3 cm³/mol. The number of aromatic hydroxyl groups is 1. The van der Waals surface area contributed by atoms with Crippen molar-refractivity contribution in [3.05, 3.63) is 45.6 Å². The van der Waals surface area contributed by atoms with Crippen LogP contribution in [0, 0.1) is 0 Å². The SMILES string of the molecule is O=S(=O)(NCCc1ccc(Cl)s1)c1ccc(O)cc1. The van der Waals surface area contributed by atoms with Crippen LogP contribution in [0.1, 0.15) is 4.88 Å². The summed E-state index contributed by atoms with van der Waals surface area (Å²) in [5, 5.41) is 9.12. The van der Waals surface area contributed by atoms with Crippen LogP contribution < -0.4 is 4.72 Å². The van der Waals surface area contributed by atoms with Gasteiger partial charge in [-0.15, -0.1) is 11.3 Å². The first-order valence-electron chi connectivity index (χ1n) is 5.50. The Hall–Kier alpha value is -1.08. The van der Waals surface area contributed by atoms with Gasteiger partial charge in [-0.05, 0) is 42.8 Å². The lowest BCUT2D eigenvalue weighted by Crippen LogP contribution is -2.25. The Balaban J connectivity index is 1.96. The van der Waals surface area contributed by atoms with Crippen LogP contribution in [0.4, 0.5) is 0 Å². The average Bonchev–Trinajstić information content (AvgIpc) is 2.75. The number of hydrogen-bond acceptors (Lipinski definition) is 4. The molecule has 7 heteroatoms. The minimum Gasteiger partial charge on any atom is -0.508 e. The van der Waals surface area contributed by atoms with E-state index in [-0.39, 0.29) is 10.6 Å². The van der Waals surface area contributed by atoms with Gasteiger partial charge >= 0.3 is 0 Å². The summed E-state index contributed by atoms with van der Waals surface area (Å²) in [5.41, 5.74) is 0. The number of sulfonamides is 1. The third kappa shape index (κ3) is 3.94. The fourth-order valence-corrected chi connectivity index (χ4v) is 3.62. The van der Waals surface area contributed by atoms with Crippen LogP contribution in [0.5, 0.6) is 5.75 Å². The van der Waals surface area contributed by atoms with E-state index in [1.807, 2.05) is 6.07 Å². The molecule has 2 rings (SSSR count). The molecule has 2 N–H and O–H groups in total. The molecular weight excluding hydrogens is 306 g/mol. The molecule has 0 saturated carbocycles. The van der Waals surface area contributed by atoms with Crippen molar-refractivity contribution in [3.8, 4) is 5.75 Å². The zero-order chi connectivity index (χ0) is 13.9. The molecule has 0 atom stereocenters. The van der Waals surface area contributed by atoms with Gasteiger partial charge in [-0.25, -0.2) is 13.1 Å². The van der Waals surface area contributed by atoms with Crippen LogP contribution in [0.3, 0.4) is 0 Å². The van der Waals surface area contributed by atoms with Crippen molar-refractivity contribution in [2.45, 2.75) is 11.3 Å². The van der Waals surface area contributed by atoms with Gasteiger partial charge in [0.05, 0.1) is 9.23 Å². The standard InChI is InChI=1S/C12H12ClNO3S2/c13-12-6-3-10(18-12)7-8-14-19(16,17)11-4-1-9(15)2-5-11/h1-6,14-15H,7-8H2. The molecule has 1 aromatic heterocycles. The number of hydrogen-bond donors (Lipinski definition) is 2. The molecule has 0 aliphatic heterocycles. The Bertz CT molecular complexity index is 650. The molecule has 0 aliphatic carbocycles. The Morgan fingerprint density at radius 3 is 2.42 bits per heavy atom. The minimum absolute atomic E-state index is 0.0344. The smallest absolute Gasteiger partial charge is 0.240 e. The molecule has 1 heterocycles. The molecule has 1 aromatic carbocycles. The van der Waals surface area contributed by atoms with Crippen LogP contribution in [-0.2, 0) is 16.4 Å². The van der Waals surface area contributed by atoms with E-state index in [0.717, 1.165) is 4.88 Å². The number of thiophene rings is 1. The van der Waals surface area contributed by atoms with Crippen molar-refractivity contribution in [1.82, 2.24) is 4.72 Å². The van der Waals surface area contributed by atoms with Crippen LogP contribution in [0.15, 0.2) is 41.3 Å². The fourth-order valence-electron chi connectivity index (χ4n) is 1.50. The topological polar surface area (TPSA) is 66.4 Å². The largest absolute Gasteiger partial charge is 0.508 e. The highest BCUT2D eigenvalue weighted by Crippen LogP contribution is 2.21. The summed E-state index contributed by atoms with van der Waals surface area (Å²) < 4.78 is 27.0. The molecule has 0 radical (unpaired) electrons. The first-order chi connectivity index (χ1) is 8.97. The third-order valence-electron chi connectivity index (χ3n) is 2.44. The maximum Gasteiger partial charge on any atom is 0.240 e. The van der Waals surface area contributed by atoms with Crippen molar-refractivity contribution in [3.63, 3.8) is 0 Å². The van der Waals surface area contributed by atoms with Gasteiger partial charge in [0.15, 0.2) is 0 Å². The zero-order valence-corrected chi connectivity index (χ0v) is 12.2. The lowest BCUT2D eigenvalue weighted by molar-refractivity contribution is 0.474. The third-order valence-corrected chi connectivity index (χ3v) is 5.21. The lowest BCUT2D eigenvalue weighted by Gasteiger charge is -2.06. The van der Waals surface area contributed by atoms with Gasteiger partial charge in [-0.2, -0.15) is 0 Å². The number of phenols is 1. The second-order valence-corrected chi connectivity index (χ2v) is 7.41. The van der Waals surface area contributed by atoms with Crippen LogP contribution in [0.25, 0.3) is 0 Å². The molecule has 2 aromatic rings. The molecule has 0 fully saturated rings. The van der Waals surface area contributed by atoms with Crippen molar-refractivity contribution in [1.29, 1.82) is 0 Å². The number of benzene rings is 1. The summed E-state index contributed by atoms with van der Waals surface area (Å²) in [6, 6.07) is 9.07. The van der Waals surface area contributed by atoms with Crippen LogP contribution in [-0.4, -0.2) is 20.1 Å². The second-order valence-electron chi connectivity index (χ2n) is 3.85. The normalized spacial score (nSPS) is 11.6. The van der Waals surface area contributed by atoms with E-state index in [1.165, 1.54) is 35.6 Å². The van der Waals surface area contributed by atoms with Gasteiger partial charge in [-0.3, -0.25) is 0 Å². The summed E-state index contributed by atoms with van der Waals surface area (Å²) in [6.07, 6.45) is 0.592. The van der Waals surface area contributed by atoms with Crippen molar-refractivity contribution in [2.75, 3.05) is 6.54 Å². The maximum absolute atomic E-state index is 11.9. The van der Waals surface area contributed by atoms with Gasteiger partial charge in [0, 0.05) is 11.4 Å². The fraction of sp³-hybridized carbons (Fsp3) is 0.167. The molecule has 0 unspecified atom stereocenters. The maximum atomic E-state index is 11.9. The van der Waals surface area contributed by atoms with E-state index in [2.05, 4.69) is 4.72 Å². The van der Waals surface area contributed by atoms with Crippen molar-refractivity contribution < 1.29 is 13.5 Å². The highest BCUT2D eigenvalue weighted by atomic mass is 35.5. The molecule has 19 heavy (non-hydrogen) atoms. The van der Waals surface area contributed by atoms with E-state index in [0.29, 0.717) is 17.3 Å². The van der Waals surface area contributed by atoms with Crippen LogP contribution in [0.2, 0.25) is 4.34 Å². The second kappa shape index (κ2) is 5.92.